The number of carbonyl (C=O) groups excluding carboxylic acids is 1. The highest BCUT2D eigenvalue weighted by atomic mass is 79.9. The largest absolute Gasteiger partial charge is 0.493 e. The number of benzene rings is 1. The summed E-state index contributed by atoms with van der Waals surface area (Å²) < 4.78 is 14.0. The van der Waals surface area contributed by atoms with E-state index in [2.05, 4.69) is 27.1 Å². The fourth-order valence-corrected chi connectivity index (χ4v) is 3.74. The number of aromatic nitrogens is 2. The van der Waals surface area contributed by atoms with Gasteiger partial charge in [-0.05, 0) is 56.9 Å². The van der Waals surface area contributed by atoms with Crippen molar-refractivity contribution in [2.75, 3.05) is 13.2 Å². The summed E-state index contributed by atoms with van der Waals surface area (Å²) >= 11 is 3.54. The highest BCUT2D eigenvalue weighted by Gasteiger charge is 2.18. The van der Waals surface area contributed by atoms with Crippen molar-refractivity contribution in [2.24, 2.45) is 5.92 Å². The molecule has 1 saturated carbocycles. The molecule has 3 rings (SSSR count). The lowest BCUT2D eigenvalue weighted by Gasteiger charge is -2.15. The molecule has 0 radical (unpaired) electrons. The van der Waals surface area contributed by atoms with Crippen LogP contribution in [0.4, 0.5) is 0 Å². The lowest BCUT2D eigenvalue weighted by molar-refractivity contribution is 0.0518. The fraction of sp³-hybridized carbons (Fsp3) is 0.500. The lowest BCUT2D eigenvalue weighted by Crippen LogP contribution is -2.12. The highest BCUT2D eigenvalue weighted by molar-refractivity contribution is 9.10. The van der Waals surface area contributed by atoms with E-state index in [1.165, 1.54) is 25.7 Å². The summed E-state index contributed by atoms with van der Waals surface area (Å²) in [4.78, 5) is 11.9. The van der Waals surface area contributed by atoms with Gasteiger partial charge in [-0.1, -0.05) is 28.8 Å². The van der Waals surface area contributed by atoms with Gasteiger partial charge >= 0.3 is 5.97 Å². The van der Waals surface area contributed by atoms with Gasteiger partial charge in [-0.15, -0.1) is 0 Å². The van der Waals surface area contributed by atoms with Crippen molar-refractivity contribution >= 4 is 21.9 Å². The summed E-state index contributed by atoms with van der Waals surface area (Å²) in [5.74, 6) is 1.15. The number of rotatable bonds is 7. The molecule has 0 spiro atoms. The molecule has 2 aromatic rings. The van der Waals surface area contributed by atoms with Crippen LogP contribution in [0.2, 0.25) is 0 Å². The van der Waals surface area contributed by atoms with Crippen LogP contribution in [0.25, 0.3) is 0 Å². The lowest BCUT2D eigenvalue weighted by atomic mass is 10.1. The molecule has 1 aliphatic rings. The van der Waals surface area contributed by atoms with E-state index in [9.17, 15) is 4.79 Å². The Morgan fingerprint density at radius 3 is 2.81 bits per heavy atom. The van der Waals surface area contributed by atoms with Crippen LogP contribution < -0.4 is 4.74 Å². The zero-order valence-corrected chi connectivity index (χ0v) is 16.9. The summed E-state index contributed by atoms with van der Waals surface area (Å²) in [7, 11) is 0. The van der Waals surface area contributed by atoms with E-state index in [-0.39, 0.29) is 5.97 Å². The molecule has 0 unspecified atom stereocenters. The van der Waals surface area contributed by atoms with Gasteiger partial charge in [0.25, 0.3) is 0 Å². The molecule has 1 aromatic heterocycles. The Hall–Kier alpha value is -1.82. The summed E-state index contributed by atoms with van der Waals surface area (Å²) in [6.07, 6.45) is 5.13. The van der Waals surface area contributed by atoms with Crippen LogP contribution in [0, 0.1) is 12.8 Å². The Kier molecular flexibility index (Phi) is 6.35. The summed E-state index contributed by atoms with van der Waals surface area (Å²) in [5, 5.41) is 4.40. The van der Waals surface area contributed by atoms with Crippen LogP contribution in [0.5, 0.6) is 5.75 Å². The fourth-order valence-electron chi connectivity index (χ4n) is 3.33. The molecule has 0 atom stereocenters. The van der Waals surface area contributed by atoms with Crippen LogP contribution in [-0.2, 0) is 11.3 Å². The van der Waals surface area contributed by atoms with Crippen molar-refractivity contribution in [1.29, 1.82) is 0 Å². The number of esters is 1. The number of ether oxygens (including phenoxy) is 2. The smallest absolute Gasteiger partial charge is 0.358 e. The first-order valence-corrected chi connectivity index (χ1v) is 9.99. The van der Waals surface area contributed by atoms with Gasteiger partial charge in [0, 0.05) is 15.7 Å². The molecule has 0 N–H and O–H groups in total. The average Bonchev–Trinajstić information content (AvgIpc) is 3.25. The molecule has 140 valence electrons. The van der Waals surface area contributed by atoms with Gasteiger partial charge < -0.3 is 9.47 Å². The second-order valence-corrected chi connectivity index (χ2v) is 7.68. The molecule has 5 nitrogen and oxygen atoms in total. The molecule has 0 bridgehead atoms. The van der Waals surface area contributed by atoms with Crippen molar-refractivity contribution in [2.45, 2.75) is 46.1 Å². The highest BCUT2D eigenvalue weighted by Crippen LogP contribution is 2.28. The van der Waals surface area contributed by atoms with E-state index < -0.39 is 0 Å². The second kappa shape index (κ2) is 8.71. The van der Waals surface area contributed by atoms with Gasteiger partial charge in [0.05, 0.1) is 19.8 Å². The predicted octanol–water partition coefficient (Wildman–Crippen LogP) is 4.75. The third kappa shape index (κ3) is 4.67. The van der Waals surface area contributed by atoms with Crippen LogP contribution in [-0.4, -0.2) is 29.0 Å². The molecule has 0 saturated heterocycles. The third-order valence-corrected chi connectivity index (χ3v) is 5.25. The summed E-state index contributed by atoms with van der Waals surface area (Å²) in [6.45, 7) is 5.38. The SMILES string of the molecule is CCOC(=O)c1cc(C)n(Cc2cc(Br)ccc2OCC2CCCC2)n1. The molecule has 6 heteroatoms. The van der Waals surface area contributed by atoms with Gasteiger partial charge in [-0.25, -0.2) is 4.79 Å². The van der Waals surface area contributed by atoms with Gasteiger partial charge in [0.15, 0.2) is 5.69 Å². The minimum Gasteiger partial charge on any atom is -0.493 e. The van der Waals surface area contributed by atoms with E-state index in [4.69, 9.17) is 9.47 Å². The Balaban J connectivity index is 1.76. The molecule has 1 fully saturated rings. The number of nitrogens with zero attached hydrogens (tertiary/aromatic N) is 2. The Morgan fingerprint density at radius 1 is 1.31 bits per heavy atom. The van der Waals surface area contributed by atoms with Gasteiger partial charge in [-0.2, -0.15) is 5.10 Å². The monoisotopic (exact) mass is 420 g/mol. The van der Waals surface area contributed by atoms with Crippen LogP contribution in [0.15, 0.2) is 28.7 Å². The predicted molar refractivity (Wildman–Crippen MR) is 104 cm³/mol. The van der Waals surface area contributed by atoms with Crippen molar-refractivity contribution < 1.29 is 14.3 Å². The van der Waals surface area contributed by atoms with Gasteiger partial charge in [0.1, 0.15) is 5.75 Å². The number of hydrogen-bond donors (Lipinski definition) is 0. The standard InChI is InChI=1S/C20H25BrN2O3/c1-3-25-20(24)18-10-14(2)23(22-18)12-16-11-17(21)8-9-19(16)26-13-15-6-4-5-7-15/h8-11,15H,3-7,12-13H2,1-2H3. The topological polar surface area (TPSA) is 53.4 Å². The quantitative estimate of drug-likeness (QED) is 0.606. The molecule has 0 amide bonds. The molecular formula is C20H25BrN2O3. The molecule has 1 aromatic carbocycles. The maximum atomic E-state index is 11.9. The van der Waals surface area contributed by atoms with E-state index >= 15 is 0 Å². The van der Waals surface area contributed by atoms with Crippen LogP contribution >= 0.6 is 15.9 Å². The zero-order chi connectivity index (χ0) is 18.5. The van der Waals surface area contributed by atoms with E-state index in [1.54, 1.807) is 13.0 Å². The first-order chi connectivity index (χ1) is 12.6. The van der Waals surface area contributed by atoms with Crippen LogP contribution in [0.3, 0.4) is 0 Å². The summed E-state index contributed by atoms with van der Waals surface area (Å²) in [6, 6.07) is 7.80. The van der Waals surface area contributed by atoms with Crippen molar-refractivity contribution in [3.8, 4) is 5.75 Å². The minimum absolute atomic E-state index is 0.341. The van der Waals surface area contributed by atoms with E-state index in [1.807, 2.05) is 23.7 Å². The maximum Gasteiger partial charge on any atom is 0.358 e. The van der Waals surface area contributed by atoms with E-state index in [0.29, 0.717) is 24.8 Å². The zero-order valence-electron chi connectivity index (χ0n) is 15.3. The Labute approximate surface area is 162 Å². The van der Waals surface area contributed by atoms with Crippen molar-refractivity contribution in [3.05, 3.63) is 45.7 Å². The first kappa shape index (κ1) is 19.0. The summed E-state index contributed by atoms with van der Waals surface area (Å²) in [5.41, 5.74) is 2.29. The Morgan fingerprint density at radius 2 is 2.08 bits per heavy atom. The molecule has 26 heavy (non-hydrogen) atoms. The number of halogens is 1. The molecular weight excluding hydrogens is 396 g/mol. The van der Waals surface area contributed by atoms with Gasteiger partial charge in [-0.3, -0.25) is 4.68 Å². The number of carbonyl (C=O) groups is 1. The normalized spacial score (nSPS) is 14.6. The van der Waals surface area contributed by atoms with Crippen LogP contribution in [0.1, 0.15) is 54.4 Å². The number of aryl methyl sites for hydroxylation is 1. The van der Waals surface area contributed by atoms with Crippen molar-refractivity contribution in [1.82, 2.24) is 9.78 Å². The van der Waals surface area contributed by atoms with Crippen molar-refractivity contribution in [3.63, 3.8) is 0 Å². The Bertz CT molecular complexity index is 766. The minimum atomic E-state index is -0.388. The third-order valence-electron chi connectivity index (χ3n) is 4.76. The van der Waals surface area contributed by atoms with Gasteiger partial charge in [0.2, 0.25) is 0 Å². The van der Waals surface area contributed by atoms with E-state index in [0.717, 1.165) is 28.1 Å². The maximum absolute atomic E-state index is 11.9. The number of hydrogen-bond acceptors (Lipinski definition) is 4. The molecule has 1 aliphatic carbocycles. The molecule has 0 aliphatic heterocycles. The molecule has 1 heterocycles. The average molecular weight is 421 g/mol. The first-order valence-electron chi connectivity index (χ1n) is 9.19. The second-order valence-electron chi connectivity index (χ2n) is 6.76.